The fourth-order valence-corrected chi connectivity index (χ4v) is 4.89. The molecule has 0 spiro atoms. The lowest BCUT2D eigenvalue weighted by atomic mass is 10.1. The van der Waals surface area contributed by atoms with E-state index in [1.165, 1.54) is 17.8 Å². The number of thioether (sulfide) groups is 1. The van der Waals surface area contributed by atoms with Crippen molar-refractivity contribution in [1.82, 2.24) is 4.90 Å². The van der Waals surface area contributed by atoms with Gasteiger partial charge < -0.3 is 14.7 Å². The summed E-state index contributed by atoms with van der Waals surface area (Å²) in [5.41, 5.74) is 1.98. The number of anilines is 2. The first-order valence-electron chi connectivity index (χ1n) is 9.77. The number of carbonyl (C=O) groups excluding carboxylic acids is 1. The highest BCUT2D eigenvalue weighted by molar-refractivity contribution is 8.04. The van der Waals surface area contributed by atoms with Gasteiger partial charge in [0.1, 0.15) is 5.82 Å². The molecule has 0 saturated carbocycles. The predicted octanol–water partition coefficient (Wildman–Crippen LogP) is 5.01. The molecule has 2 aromatic rings. The molecule has 2 heterocycles. The molecule has 0 aromatic heterocycles. The van der Waals surface area contributed by atoms with Gasteiger partial charge in [-0.1, -0.05) is 29.3 Å². The number of amides is 1. The van der Waals surface area contributed by atoms with Crippen molar-refractivity contribution in [2.24, 2.45) is 0 Å². The molecule has 2 aliphatic rings. The molecule has 2 aliphatic heterocycles. The Morgan fingerprint density at radius 2 is 1.80 bits per heavy atom. The molecule has 0 radical (unpaired) electrons. The summed E-state index contributed by atoms with van der Waals surface area (Å²) < 4.78 is 14.8. The van der Waals surface area contributed by atoms with Crippen LogP contribution in [0.1, 0.15) is 5.56 Å². The molecule has 0 atom stereocenters. The number of rotatable bonds is 3. The maximum absolute atomic E-state index is 14.8. The number of hydrogen-bond donors (Lipinski definition) is 0. The lowest BCUT2D eigenvalue weighted by molar-refractivity contribution is -0.114. The van der Waals surface area contributed by atoms with E-state index in [0.29, 0.717) is 32.7 Å². The molecular weight excluding hydrogens is 444 g/mol. The summed E-state index contributed by atoms with van der Waals surface area (Å²) in [5, 5.41) is 0.843. The smallest absolute Gasteiger partial charge is 0.264 e. The van der Waals surface area contributed by atoms with Gasteiger partial charge in [0.2, 0.25) is 0 Å². The van der Waals surface area contributed by atoms with Crippen LogP contribution in [0.4, 0.5) is 15.8 Å². The molecule has 8 heteroatoms. The Morgan fingerprint density at radius 1 is 1.03 bits per heavy atom. The summed E-state index contributed by atoms with van der Waals surface area (Å²) in [6, 6.07) is 10.2. The van der Waals surface area contributed by atoms with Crippen LogP contribution in [0.5, 0.6) is 0 Å². The van der Waals surface area contributed by atoms with Crippen LogP contribution in [0, 0.1) is 5.82 Å². The van der Waals surface area contributed by atoms with Gasteiger partial charge in [-0.15, -0.1) is 11.8 Å². The van der Waals surface area contributed by atoms with Gasteiger partial charge in [-0.3, -0.25) is 4.79 Å². The van der Waals surface area contributed by atoms with Crippen LogP contribution in [-0.4, -0.2) is 56.3 Å². The second-order valence-corrected chi connectivity index (χ2v) is 9.33. The van der Waals surface area contributed by atoms with E-state index in [-0.39, 0.29) is 11.7 Å². The molecule has 2 fully saturated rings. The maximum Gasteiger partial charge on any atom is 0.264 e. The van der Waals surface area contributed by atoms with Crippen LogP contribution in [0.3, 0.4) is 0 Å². The second-order valence-electron chi connectivity index (χ2n) is 7.38. The van der Waals surface area contributed by atoms with Crippen LogP contribution in [0.2, 0.25) is 10.0 Å². The summed E-state index contributed by atoms with van der Waals surface area (Å²) in [7, 11) is 2.08. The first kappa shape index (κ1) is 21.5. The lowest BCUT2D eigenvalue weighted by Crippen LogP contribution is -2.44. The third kappa shape index (κ3) is 4.47. The number of likely N-dealkylation sites (N-methyl/N-ethyl adjacent to an activating group) is 1. The first-order valence-corrected chi connectivity index (χ1v) is 11.5. The third-order valence-corrected chi connectivity index (χ3v) is 7.12. The molecule has 0 aliphatic carbocycles. The third-order valence-electron chi connectivity index (χ3n) is 5.39. The molecular formula is C22H22Cl2FN3OS. The molecule has 2 aromatic carbocycles. The van der Waals surface area contributed by atoms with Crippen LogP contribution < -0.4 is 9.80 Å². The summed E-state index contributed by atoms with van der Waals surface area (Å²) in [5.74, 6) is 0.243. The van der Waals surface area contributed by atoms with E-state index >= 15 is 0 Å². The molecule has 2 saturated heterocycles. The lowest BCUT2D eigenvalue weighted by Gasteiger charge is -2.35. The van der Waals surface area contributed by atoms with Crippen LogP contribution in [-0.2, 0) is 4.79 Å². The molecule has 0 bridgehead atoms. The van der Waals surface area contributed by atoms with E-state index in [1.54, 1.807) is 35.2 Å². The Balaban J connectivity index is 1.66. The minimum atomic E-state index is -0.320. The molecule has 30 heavy (non-hydrogen) atoms. The van der Waals surface area contributed by atoms with Gasteiger partial charge in [0.15, 0.2) is 0 Å². The van der Waals surface area contributed by atoms with E-state index in [4.69, 9.17) is 23.2 Å². The van der Waals surface area contributed by atoms with Crippen LogP contribution in [0.25, 0.3) is 6.08 Å². The molecule has 158 valence electrons. The summed E-state index contributed by atoms with van der Waals surface area (Å²) in [6.45, 7) is 4.05. The maximum atomic E-state index is 14.8. The average Bonchev–Trinajstić information content (AvgIpc) is 2.74. The number of piperazine rings is 1. The molecule has 0 unspecified atom stereocenters. The zero-order valence-electron chi connectivity index (χ0n) is 16.6. The highest BCUT2D eigenvalue weighted by atomic mass is 35.5. The monoisotopic (exact) mass is 465 g/mol. The van der Waals surface area contributed by atoms with Crippen molar-refractivity contribution in [3.63, 3.8) is 0 Å². The molecule has 0 N–H and O–H groups in total. The minimum Gasteiger partial charge on any atom is -0.368 e. The number of halogens is 3. The fourth-order valence-electron chi connectivity index (χ4n) is 3.67. The van der Waals surface area contributed by atoms with Crippen LogP contribution >= 0.6 is 35.0 Å². The second kappa shape index (κ2) is 9.18. The van der Waals surface area contributed by atoms with Crippen molar-refractivity contribution in [3.05, 3.63) is 62.7 Å². The van der Waals surface area contributed by atoms with Crippen molar-refractivity contribution < 1.29 is 9.18 Å². The van der Waals surface area contributed by atoms with E-state index < -0.39 is 0 Å². The molecule has 4 rings (SSSR count). The van der Waals surface area contributed by atoms with Gasteiger partial charge in [-0.05, 0) is 43.5 Å². The minimum absolute atomic E-state index is 0.155. The summed E-state index contributed by atoms with van der Waals surface area (Å²) in [4.78, 5) is 19.8. The Labute approximate surface area is 190 Å². The van der Waals surface area contributed by atoms with Crippen molar-refractivity contribution in [2.75, 3.05) is 55.3 Å². The van der Waals surface area contributed by atoms with Gasteiger partial charge in [0.25, 0.3) is 5.91 Å². The molecule has 1 amide bonds. The average molecular weight is 466 g/mol. The quantitative estimate of drug-likeness (QED) is 0.595. The fraction of sp³-hybridized carbons (Fsp3) is 0.318. The number of hydrogen-bond acceptors (Lipinski definition) is 4. The van der Waals surface area contributed by atoms with Gasteiger partial charge in [0.05, 0.1) is 15.0 Å². The van der Waals surface area contributed by atoms with Crippen molar-refractivity contribution in [2.45, 2.75) is 0 Å². The summed E-state index contributed by atoms with van der Waals surface area (Å²) in [6.07, 6.45) is 1.69. The van der Waals surface area contributed by atoms with Crippen molar-refractivity contribution >= 4 is 58.3 Å². The summed E-state index contributed by atoms with van der Waals surface area (Å²) >= 11 is 13.6. The highest BCUT2D eigenvalue weighted by Crippen LogP contribution is 2.35. The van der Waals surface area contributed by atoms with Crippen LogP contribution in [0.15, 0.2) is 41.3 Å². The number of carbonyl (C=O) groups is 1. The van der Waals surface area contributed by atoms with Gasteiger partial charge in [-0.2, -0.15) is 0 Å². The van der Waals surface area contributed by atoms with Gasteiger partial charge in [0, 0.05) is 55.4 Å². The van der Waals surface area contributed by atoms with Gasteiger partial charge in [-0.25, -0.2) is 4.39 Å². The standard InChI is InChI=1S/C22H22Cl2FN3OS/c1-26-7-9-27(10-8-26)20-4-2-3-19(25)16(20)14-21-22(29)28(11-12-30-21)15-5-6-17(23)18(24)13-15/h2-6,13-14H,7-12H2,1H3. The SMILES string of the molecule is CN1CCN(c2cccc(F)c2C=C2SCCN(c3ccc(Cl)c(Cl)c3)C2=O)CC1. The van der Waals surface area contributed by atoms with E-state index in [1.807, 2.05) is 6.07 Å². The van der Waals surface area contributed by atoms with E-state index in [2.05, 4.69) is 16.8 Å². The molecule has 4 nitrogen and oxygen atoms in total. The zero-order valence-corrected chi connectivity index (χ0v) is 18.9. The zero-order chi connectivity index (χ0) is 21.3. The largest absolute Gasteiger partial charge is 0.368 e. The van der Waals surface area contributed by atoms with E-state index in [0.717, 1.165) is 37.6 Å². The van der Waals surface area contributed by atoms with Crippen molar-refractivity contribution in [1.29, 1.82) is 0 Å². The van der Waals surface area contributed by atoms with Crippen molar-refractivity contribution in [3.8, 4) is 0 Å². The number of nitrogens with zero attached hydrogens (tertiary/aromatic N) is 3. The Kier molecular flexibility index (Phi) is 6.58. The topological polar surface area (TPSA) is 26.8 Å². The number of benzene rings is 2. The van der Waals surface area contributed by atoms with E-state index in [9.17, 15) is 9.18 Å². The Bertz CT molecular complexity index is 992. The Hall–Kier alpha value is -1.73. The Morgan fingerprint density at radius 3 is 2.53 bits per heavy atom. The van der Waals surface area contributed by atoms with Gasteiger partial charge >= 0.3 is 0 Å². The first-order chi connectivity index (χ1) is 14.4. The normalized spacial score (nSPS) is 19.6. The highest BCUT2D eigenvalue weighted by Gasteiger charge is 2.27. The predicted molar refractivity (Wildman–Crippen MR) is 125 cm³/mol.